The number of ketones is 1. The fourth-order valence-electron chi connectivity index (χ4n) is 4.47. The second-order valence-corrected chi connectivity index (χ2v) is 10.6. The van der Waals surface area contributed by atoms with Crippen LogP contribution in [-0.4, -0.2) is 59.7 Å². The zero-order chi connectivity index (χ0) is 23.3. The number of fused-ring (bicyclic) bond motifs is 1. The molecule has 2 aliphatic carbocycles. The lowest BCUT2D eigenvalue weighted by Gasteiger charge is -2.27. The zero-order valence-corrected chi connectivity index (χ0v) is 19.7. The van der Waals surface area contributed by atoms with Crippen molar-refractivity contribution in [2.24, 2.45) is 5.92 Å². The molecule has 0 aromatic carbocycles. The third kappa shape index (κ3) is 4.18. The van der Waals surface area contributed by atoms with Gasteiger partial charge in [-0.05, 0) is 52.5 Å². The van der Waals surface area contributed by atoms with E-state index >= 15 is 0 Å². The first-order valence-corrected chi connectivity index (χ1v) is 12.1. The van der Waals surface area contributed by atoms with Crippen molar-refractivity contribution in [1.29, 1.82) is 0 Å². The number of nitrogens with zero attached hydrogens (tertiary/aromatic N) is 4. The summed E-state index contributed by atoms with van der Waals surface area (Å²) in [7, 11) is 0. The Morgan fingerprint density at radius 2 is 1.97 bits per heavy atom. The van der Waals surface area contributed by atoms with Gasteiger partial charge in [0.05, 0.1) is 39.7 Å². The SMILES string of the molecule is Cc1nc(NC2CCC2)nc(N[C@@H]2C[C@H](C(C)(C)O)C(=O)[C@H]2O)c1-c1nc2cnccc2s1. The molecule has 10 heteroatoms. The van der Waals surface area contributed by atoms with Gasteiger partial charge in [-0.15, -0.1) is 11.3 Å². The van der Waals surface area contributed by atoms with Crippen LogP contribution in [0.1, 0.15) is 45.2 Å². The molecule has 2 fully saturated rings. The number of nitrogens with one attached hydrogen (secondary N) is 2. The molecular weight excluding hydrogens is 440 g/mol. The molecule has 2 saturated carbocycles. The standard InChI is InChI=1S/C23H28N6O3S/c1-11-17(21-28-15-10-24-8-7-16(15)33-21)20(29-22(25-11)26-12-5-4-6-12)27-14-9-13(23(2,3)32)18(30)19(14)31/h7-8,10,12-14,19,31-32H,4-6,9H2,1-3H3,(H2,25,26,27,29)/t13-,14+,19-/m0/s1. The predicted molar refractivity (Wildman–Crippen MR) is 127 cm³/mol. The number of carbonyl (C=O) groups is 1. The van der Waals surface area contributed by atoms with Crippen LogP contribution < -0.4 is 10.6 Å². The van der Waals surface area contributed by atoms with Gasteiger partial charge in [0.1, 0.15) is 22.4 Å². The summed E-state index contributed by atoms with van der Waals surface area (Å²) in [5.41, 5.74) is 1.06. The smallest absolute Gasteiger partial charge is 0.225 e. The van der Waals surface area contributed by atoms with Gasteiger partial charge in [0, 0.05) is 12.2 Å². The van der Waals surface area contributed by atoms with Crippen LogP contribution >= 0.6 is 11.3 Å². The number of aliphatic hydroxyl groups excluding tert-OH is 1. The van der Waals surface area contributed by atoms with Gasteiger partial charge < -0.3 is 20.8 Å². The van der Waals surface area contributed by atoms with E-state index in [4.69, 9.17) is 9.97 Å². The average Bonchev–Trinajstić information content (AvgIpc) is 3.26. The summed E-state index contributed by atoms with van der Waals surface area (Å²) in [4.78, 5) is 31.0. The summed E-state index contributed by atoms with van der Waals surface area (Å²) >= 11 is 1.52. The minimum atomic E-state index is -1.23. The molecule has 5 rings (SSSR count). The molecule has 3 aromatic heterocycles. The fraction of sp³-hybridized carbons (Fsp3) is 0.522. The Morgan fingerprint density at radius 1 is 1.18 bits per heavy atom. The molecule has 0 amide bonds. The maximum atomic E-state index is 12.6. The van der Waals surface area contributed by atoms with Crippen LogP contribution in [0.4, 0.5) is 11.8 Å². The molecule has 0 aliphatic heterocycles. The second-order valence-electron chi connectivity index (χ2n) is 9.53. The molecule has 0 spiro atoms. The lowest BCUT2D eigenvalue weighted by Crippen LogP contribution is -2.36. The minimum Gasteiger partial charge on any atom is -0.390 e. The summed E-state index contributed by atoms with van der Waals surface area (Å²) in [6.07, 6.45) is 5.89. The number of hydrogen-bond donors (Lipinski definition) is 4. The second kappa shape index (κ2) is 8.27. The predicted octanol–water partition coefficient (Wildman–Crippen LogP) is 2.92. The zero-order valence-electron chi connectivity index (χ0n) is 18.9. The highest BCUT2D eigenvalue weighted by Crippen LogP contribution is 2.39. The Morgan fingerprint density at radius 3 is 2.61 bits per heavy atom. The molecule has 3 aromatic rings. The number of pyridine rings is 1. The largest absolute Gasteiger partial charge is 0.390 e. The van der Waals surface area contributed by atoms with E-state index in [-0.39, 0.29) is 5.78 Å². The van der Waals surface area contributed by atoms with E-state index in [1.54, 1.807) is 26.2 Å². The highest BCUT2D eigenvalue weighted by atomic mass is 32.1. The van der Waals surface area contributed by atoms with Crippen LogP contribution in [0.15, 0.2) is 18.5 Å². The molecular formula is C23H28N6O3S. The topological polar surface area (TPSA) is 133 Å². The number of carbonyl (C=O) groups excluding carboxylic acids is 1. The highest BCUT2D eigenvalue weighted by molar-refractivity contribution is 7.21. The van der Waals surface area contributed by atoms with Gasteiger partial charge in [-0.1, -0.05) is 0 Å². The Kier molecular flexibility index (Phi) is 5.54. The van der Waals surface area contributed by atoms with Crippen molar-refractivity contribution in [2.45, 2.75) is 70.2 Å². The third-order valence-corrected chi connectivity index (χ3v) is 7.67. The van der Waals surface area contributed by atoms with E-state index in [2.05, 4.69) is 20.6 Å². The Labute approximate surface area is 195 Å². The monoisotopic (exact) mass is 468 g/mol. The molecule has 4 N–H and O–H groups in total. The minimum absolute atomic E-state index is 0.307. The number of aliphatic hydroxyl groups is 2. The van der Waals surface area contributed by atoms with Gasteiger partial charge in [-0.2, -0.15) is 4.98 Å². The molecule has 174 valence electrons. The summed E-state index contributed by atoms with van der Waals surface area (Å²) in [5, 5.41) is 28.5. The Hall–Kier alpha value is -2.69. The van der Waals surface area contributed by atoms with E-state index in [0.29, 0.717) is 24.2 Å². The van der Waals surface area contributed by atoms with Crippen molar-refractivity contribution in [3.63, 3.8) is 0 Å². The third-order valence-electron chi connectivity index (χ3n) is 6.61. The molecule has 0 unspecified atom stereocenters. The quantitative estimate of drug-likeness (QED) is 0.431. The van der Waals surface area contributed by atoms with E-state index in [0.717, 1.165) is 39.3 Å². The van der Waals surface area contributed by atoms with Crippen molar-refractivity contribution >= 4 is 39.1 Å². The van der Waals surface area contributed by atoms with Crippen molar-refractivity contribution in [3.05, 3.63) is 24.2 Å². The normalized spacial score (nSPS) is 23.7. The van der Waals surface area contributed by atoms with E-state index < -0.39 is 23.7 Å². The number of anilines is 2. The lowest BCUT2D eigenvalue weighted by atomic mass is 9.89. The maximum absolute atomic E-state index is 12.6. The van der Waals surface area contributed by atoms with Gasteiger partial charge in [-0.3, -0.25) is 9.78 Å². The van der Waals surface area contributed by atoms with Crippen molar-refractivity contribution in [1.82, 2.24) is 19.9 Å². The van der Waals surface area contributed by atoms with Gasteiger partial charge >= 0.3 is 0 Å². The number of aryl methyl sites for hydroxylation is 1. The number of aromatic nitrogens is 4. The van der Waals surface area contributed by atoms with Crippen LogP contribution in [0.3, 0.4) is 0 Å². The van der Waals surface area contributed by atoms with Gasteiger partial charge in [-0.25, -0.2) is 9.97 Å². The molecule has 3 heterocycles. The van der Waals surface area contributed by atoms with Gasteiger partial charge in [0.15, 0.2) is 5.78 Å². The lowest BCUT2D eigenvalue weighted by molar-refractivity contribution is -0.133. The van der Waals surface area contributed by atoms with Crippen LogP contribution in [0.5, 0.6) is 0 Å². The molecule has 33 heavy (non-hydrogen) atoms. The van der Waals surface area contributed by atoms with E-state index in [9.17, 15) is 15.0 Å². The number of rotatable bonds is 6. The van der Waals surface area contributed by atoms with Crippen molar-refractivity contribution < 1.29 is 15.0 Å². The number of Topliss-reactive ketones (excluding diaryl/α,β-unsaturated/α-hetero) is 1. The van der Waals surface area contributed by atoms with Crippen molar-refractivity contribution in [2.75, 3.05) is 10.6 Å². The highest BCUT2D eigenvalue weighted by Gasteiger charge is 2.47. The van der Waals surface area contributed by atoms with Gasteiger partial charge in [0.25, 0.3) is 0 Å². The Balaban J connectivity index is 1.54. The molecule has 9 nitrogen and oxygen atoms in total. The number of hydrogen-bond acceptors (Lipinski definition) is 10. The van der Waals surface area contributed by atoms with Crippen LogP contribution in [-0.2, 0) is 4.79 Å². The maximum Gasteiger partial charge on any atom is 0.225 e. The number of thiazole rings is 1. The van der Waals surface area contributed by atoms with E-state index in [1.165, 1.54) is 17.8 Å². The van der Waals surface area contributed by atoms with Crippen molar-refractivity contribution in [3.8, 4) is 10.6 Å². The molecule has 3 atom stereocenters. The summed E-state index contributed by atoms with van der Waals surface area (Å²) in [6, 6.07) is 1.70. The first-order chi connectivity index (χ1) is 15.7. The first-order valence-electron chi connectivity index (χ1n) is 11.3. The van der Waals surface area contributed by atoms with Gasteiger partial charge in [0.2, 0.25) is 5.95 Å². The van der Waals surface area contributed by atoms with Crippen LogP contribution in [0.2, 0.25) is 0 Å². The van der Waals surface area contributed by atoms with Crippen LogP contribution in [0, 0.1) is 12.8 Å². The summed E-state index contributed by atoms with van der Waals surface area (Å²) in [5.74, 6) is 0.0253. The average molecular weight is 469 g/mol. The summed E-state index contributed by atoms with van der Waals surface area (Å²) in [6.45, 7) is 5.11. The molecule has 0 saturated heterocycles. The molecule has 2 aliphatic rings. The molecule has 0 bridgehead atoms. The Bertz CT molecular complexity index is 1170. The first kappa shape index (κ1) is 22.1. The van der Waals surface area contributed by atoms with E-state index in [1.807, 2.05) is 13.0 Å². The van der Waals surface area contributed by atoms with Crippen LogP contribution in [0.25, 0.3) is 20.8 Å². The molecule has 0 radical (unpaired) electrons. The summed E-state index contributed by atoms with van der Waals surface area (Å²) < 4.78 is 1.00. The fourth-order valence-corrected chi connectivity index (χ4v) is 5.50.